The maximum atomic E-state index is 10.0. The van der Waals surface area contributed by atoms with Crippen LogP contribution in [0.1, 0.15) is 46.0 Å². The molecular formula is C23H28N8O2. The summed E-state index contributed by atoms with van der Waals surface area (Å²) in [5, 5.41) is 18.6. The van der Waals surface area contributed by atoms with Crippen LogP contribution in [0.2, 0.25) is 0 Å². The number of aliphatic hydroxyl groups is 1. The zero-order valence-corrected chi connectivity index (χ0v) is 19.4. The second kappa shape index (κ2) is 8.36. The topological polar surface area (TPSA) is 142 Å². The summed E-state index contributed by atoms with van der Waals surface area (Å²) >= 11 is 0. The van der Waals surface area contributed by atoms with Gasteiger partial charge in [0.1, 0.15) is 0 Å². The number of nitrogens with two attached hydrogens (primary N) is 1. The van der Waals surface area contributed by atoms with Gasteiger partial charge < -0.3 is 15.4 Å². The summed E-state index contributed by atoms with van der Waals surface area (Å²) in [7, 11) is 0. The Morgan fingerprint density at radius 2 is 1.76 bits per heavy atom. The number of nitrogen functional groups attached to an aromatic ring is 1. The van der Waals surface area contributed by atoms with Gasteiger partial charge in [-0.2, -0.15) is 10.1 Å². The second-order valence-electron chi connectivity index (χ2n) is 9.28. The van der Waals surface area contributed by atoms with Crippen LogP contribution in [0.25, 0.3) is 22.7 Å². The van der Waals surface area contributed by atoms with Crippen LogP contribution in [-0.2, 0) is 12.0 Å². The average Bonchev–Trinajstić information content (AvgIpc) is 3.42. The summed E-state index contributed by atoms with van der Waals surface area (Å²) < 4.78 is 7.25. The van der Waals surface area contributed by atoms with Crippen molar-refractivity contribution in [2.45, 2.75) is 52.2 Å². The second-order valence-corrected chi connectivity index (χ2v) is 9.28. The van der Waals surface area contributed by atoms with Crippen LogP contribution in [0.5, 0.6) is 0 Å². The molecule has 0 radical (unpaired) electrons. The van der Waals surface area contributed by atoms with Crippen molar-refractivity contribution in [3.8, 4) is 22.7 Å². The fourth-order valence-corrected chi connectivity index (χ4v) is 3.57. The van der Waals surface area contributed by atoms with Gasteiger partial charge >= 0.3 is 0 Å². The van der Waals surface area contributed by atoms with Crippen LogP contribution >= 0.6 is 0 Å². The van der Waals surface area contributed by atoms with Crippen molar-refractivity contribution in [1.29, 1.82) is 0 Å². The van der Waals surface area contributed by atoms with Gasteiger partial charge in [0.15, 0.2) is 5.82 Å². The lowest BCUT2D eigenvalue weighted by Crippen LogP contribution is -2.31. The third kappa shape index (κ3) is 4.61. The number of pyridine rings is 1. The fraction of sp³-hybridized carbons (Fsp3) is 0.391. The first kappa shape index (κ1) is 22.5. The van der Waals surface area contributed by atoms with E-state index >= 15 is 0 Å². The molecule has 4 aromatic rings. The number of aromatic nitrogens is 7. The minimum absolute atomic E-state index is 0.161. The lowest BCUT2D eigenvalue weighted by Gasteiger charge is -2.30. The molecule has 172 valence electrons. The highest BCUT2D eigenvalue weighted by atomic mass is 16.5. The molecule has 0 fully saturated rings. The van der Waals surface area contributed by atoms with Gasteiger partial charge in [0.25, 0.3) is 5.89 Å². The van der Waals surface area contributed by atoms with Gasteiger partial charge in [0, 0.05) is 30.4 Å². The van der Waals surface area contributed by atoms with Crippen LogP contribution in [0, 0.1) is 5.92 Å². The van der Waals surface area contributed by atoms with Gasteiger partial charge in [-0.15, -0.1) is 0 Å². The molecular weight excluding hydrogens is 420 g/mol. The number of nitrogens with zero attached hydrogens (tertiary/aromatic N) is 7. The zero-order chi connectivity index (χ0) is 23.8. The Kier molecular flexibility index (Phi) is 5.71. The highest BCUT2D eigenvalue weighted by Crippen LogP contribution is 2.38. The van der Waals surface area contributed by atoms with E-state index < -0.39 is 11.0 Å². The van der Waals surface area contributed by atoms with Crippen molar-refractivity contribution in [2.24, 2.45) is 5.92 Å². The van der Waals surface area contributed by atoms with Crippen molar-refractivity contribution in [2.75, 3.05) is 5.73 Å². The summed E-state index contributed by atoms with van der Waals surface area (Å²) in [4.78, 5) is 17.4. The SMILES string of the molecule is CC(C)C(C)(c1ccc(-c2cnc(N)nc2)nc1)c1noc(-c2cnn(CC(C)(C)O)c2)n1. The summed E-state index contributed by atoms with van der Waals surface area (Å²) in [6.07, 6.45) is 8.56. The third-order valence-corrected chi connectivity index (χ3v) is 5.81. The van der Waals surface area contributed by atoms with Crippen molar-refractivity contribution >= 4 is 5.95 Å². The van der Waals surface area contributed by atoms with E-state index in [0.717, 1.165) is 16.8 Å². The molecule has 0 bridgehead atoms. The van der Waals surface area contributed by atoms with Crippen LogP contribution in [-0.4, -0.2) is 45.6 Å². The Morgan fingerprint density at radius 3 is 2.36 bits per heavy atom. The highest BCUT2D eigenvalue weighted by Gasteiger charge is 2.38. The quantitative estimate of drug-likeness (QED) is 0.436. The molecule has 0 saturated heterocycles. The van der Waals surface area contributed by atoms with Gasteiger partial charge in [-0.25, -0.2) is 9.97 Å². The molecule has 0 spiro atoms. The van der Waals surface area contributed by atoms with E-state index in [-0.39, 0.29) is 11.9 Å². The molecule has 0 saturated carbocycles. The lowest BCUT2D eigenvalue weighted by molar-refractivity contribution is 0.0577. The normalized spacial score (nSPS) is 13.9. The fourth-order valence-electron chi connectivity index (χ4n) is 3.57. The Morgan fingerprint density at radius 1 is 1.03 bits per heavy atom. The molecule has 4 heterocycles. The number of hydrogen-bond donors (Lipinski definition) is 2. The minimum atomic E-state index is -0.878. The molecule has 1 atom stereocenters. The molecule has 3 N–H and O–H groups in total. The molecule has 33 heavy (non-hydrogen) atoms. The molecule has 0 aliphatic heterocycles. The van der Waals surface area contributed by atoms with E-state index in [1.54, 1.807) is 43.3 Å². The molecule has 0 aromatic carbocycles. The predicted octanol–water partition coefficient (Wildman–Crippen LogP) is 3.10. The van der Waals surface area contributed by atoms with Crippen LogP contribution in [0.15, 0.2) is 47.6 Å². The predicted molar refractivity (Wildman–Crippen MR) is 123 cm³/mol. The summed E-state index contributed by atoms with van der Waals surface area (Å²) in [6.45, 7) is 10.1. The average molecular weight is 449 g/mol. The Labute approximate surface area is 191 Å². The molecule has 4 aromatic heterocycles. The molecule has 0 amide bonds. The summed E-state index contributed by atoms with van der Waals surface area (Å²) in [5.41, 5.74) is 7.35. The smallest absolute Gasteiger partial charge is 0.261 e. The van der Waals surface area contributed by atoms with Gasteiger partial charge in [0.05, 0.1) is 35.0 Å². The van der Waals surface area contributed by atoms with E-state index in [2.05, 4.69) is 46.0 Å². The first-order valence-electron chi connectivity index (χ1n) is 10.7. The summed E-state index contributed by atoms with van der Waals surface area (Å²) in [6, 6.07) is 3.93. The van der Waals surface area contributed by atoms with Crippen LogP contribution < -0.4 is 5.73 Å². The molecule has 1 unspecified atom stereocenters. The molecule has 0 aliphatic rings. The van der Waals surface area contributed by atoms with E-state index in [9.17, 15) is 5.11 Å². The maximum absolute atomic E-state index is 10.0. The third-order valence-electron chi connectivity index (χ3n) is 5.81. The van der Waals surface area contributed by atoms with Gasteiger partial charge in [-0.3, -0.25) is 9.67 Å². The molecule has 10 nitrogen and oxygen atoms in total. The van der Waals surface area contributed by atoms with Gasteiger partial charge in [0.2, 0.25) is 5.95 Å². The van der Waals surface area contributed by atoms with Gasteiger partial charge in [-0.1, -0.05) is 25.1 Å². The monoisotopic (exact) mass is 448 g/mol. The number of rotatable bonds is 7. The van der Waals surface area contributed by atoms with E-state index in [1.807, 2.05) is 18.3 Å². The first-order valence-corrected chi connectivity index (χ1v) is 10.7. The van der Waals surface area contributed by atoms with E-state index in [1.165, 1.54) is 0 Å². The molecule has 10 heteroatoms. The van der Waals surface area contributed by atoms with Crippen LogP contribution in [0.4, 0.5) is 5.95 Å². The lowest BCUT2D eigenvalue weighted by atomic mass is 9.73. The molecule has 4 rings (SSSR count). The Balaban J connectivity index is 1.63. The Bertz CT molecular complexity index is 1220. The molecule has 0 aliphatic carbocycles. The van der Waals surface area contributed by atoms with Crippen molar-refractivity contribution in [1.82, 2.24) is 34.9 Å². The van der Waals surface area contributed by atoms with Gasteiger partial charge in [-0.05, 0) is 38.3 Å². The Hall–Kier alpha value is -3.66. The van der Waals surface area contributed by atoms with Crippen molar-refractivity contribution in [3.05, 3.63) is 54.5 Å². The van der Waals surface area contributed by atoms with E-state index in [4.69, 9.17) is 15.2 Å². The highest BCUT2D eigenvalue weighted by molar-refractivity contribution is 5.58. The number of hydrogen-bond acceptors (Lipinski definition) is 9. The largest absolute Gasteiger partial charge is 0.389 e. The maximum Gasteiger partial charge on any atom is 0.261 e. The van der Waals surface area contributed by atoms with Crippen molar-refractivity contribution in [3.63, 3.8) is 0 Å². The first-order chi connectivity index (χ1) is 15.6. The van der Waals surface area contributed by atoms with Crippen molar-refractivity contribution < 1.29 is 9.63 Å². The number of anilines is 1. The summed E-state index contributed by atoms with van der Waals surface area (Å²) in [5.74, 6) is 1.32. The zero-order valence-electron chi connectivity index (χ0n) is 19.4. The minimum Gasteiger partial charge on any atom is -0.389 e. The van der Waals surface area contributed by atoms with E-state index in [0.29, 0.717) is 23.8 Å². The van der Waals surface area contributed by atoms with Crippen LogP contribution in [0.3, 0.4) is 0 Å². The standard InChI is InChI=1S/C23H28N8O2/c1-14(2)23(5,17-6-7-18(25-11-17)15-8-26-21(24)27-9-15)20-29-19(33-30-20)16-10-28-31(12-16)13-22(3,4)32/h6-12,14,32H,13H2,1-5H3,(H2,24,26,27).